The highest BCUT2D eigenvalue weighted by Crippen LogP contribution is 2.37. The lowest BCUT2D eigenvalue weighted by Crippen LogP contribution is -2.06. The highest BCUT2D eigenvalue weighted by Gasteiger charge is 2.33. The molecule has 2 aromatic rings. The van der Waals surface area contributed by atoms with Gasteiger partial charge in [0.2, 0.25) is 0 Å². The molecule has 1 heterocycles. The second-order valence-corrected chi connectivity index (χ2v) is 6.55. The van der Waals surface area contributed by atoms with E-state index in [9.17, 15) is 17.8 Å². The third-order valence-corrected chi connectivity index (χ3v) is 4.48. The Hall–Kier alpha value is -2.38. The van der Waals surface area contributed by atoms with Crippen LogP contribution < -0.4 is 0 Å². The van der Waals surface area contributed by atoms with Crippen molar-refractivity contribution in [2.75, 3.05) is 0 Å². The fraction of sp³-hybridized carbons (Fsp3) is 0.167. The Balaban J connectivity index is 2.13. The quantitative estimate of drug-likeness (QED) is 0.666. The summed E-state index contributed by atoms with van der Waals surface area (Å²) in [4.78, 5) is 12.2. The van der Waals surface area contributed by atoms with Crippen LogP contribution in [0.4, 0.5) is 8.78 Å². The Kier molecular flexibility index (Phi) is 4.78. The van der Waals surface area contributed by atoms with Crippen molar-refractivity contribution in [3.8, 4) is 0 Å². The van der Waals surface area contributed by atoms with Crippen LogP contribution in [0.3, 0.4) is 0 Å². The molecule has 0 aliphatic carbocycles. The Bertz CT molecular complexity index is 908. The van der Waals surface area contributed by atoms with Gasteiger partial charge in [-0.25, -0.2) is 17.8 Å². The molecule has 0 bridgehead atoms. The fourth-order valence-electron chi connectivity index (χ4n) is 2.85. The van der Waals surface area contributed by atoms with E-state index in [2.05, 4.69) is 0 Å². The predicted octanol–water partition coefficient (Wildman–Crippen LogP) is 3.54. The van der Waals surface area contributed by atoms with Crippen LogP contribution in [0.25, 0.3) is 11.1 Å². The number of hydrogen-bond donors (Lipinski definition) is 1. The summed E-state index contributed by atoms with van der Waals surface area (Å²) in [6.45, 7) is 1.65. The number of halogens is 2. The van der Waals surface area contributed by atoms with Gasteiger partial charge in [-0.3, -0.25) is 0 Å². The van der Waals surface area contributed by atoms with Gasteiger partial charge in [0.15, 0.2) is 11.1 Å². The Morgan fingerprint density at radius 1 is 1.16 bits per heavy atom. The molecule has 130 valence electrons. The second kappa shape index (κ2) is 6.85. The third kappa shape index (κ3) is 3.52. The van der Waals surface area contributed by atoms with Gasteiger partial charge in [0.1, 0.15) is 17.7 Å². The molecule has 0 fully saturated rings. The first-order chi connectivity index (χ1) is 11.9. The third-order valence-electron chi connectivity index (χ3n) is 3.92. The van der Waals surface area contributed by atoms with Crippen LogP contribution in [0.1, 0.15) is 23.6 Å². The Morgan fingerprint density at radius 3 is 2.56 bits per heavy atom. The molecule has 1 aliphatic heterocycles. The van der Waals surface area contributed by atoms with Gasteiger partial charge in [-0.05, 0) is 36.2 Å². The number of ether oxygens (including phenoxy) is 1. The molecule has 3 rings (SSSR count). The van der Waals surface area contributed by atoms with E-state index in [1.165, 1.54) is 30.3 Å². The molecular weight excluding hydrogens is 350 g/mol. The summed E-state index contributed by atoms with van der Waals surface area (Å²) in [7, 11) is 0. The van der Waals surface area contributed by atoms with E-state index in [4.69, 9.17) is 9.29 Å². The van der Waals surface area contributed by atoms with Gasteiger partial charge in [-0.15, -0.1) is 0 Å². The van der Waals surface area contributed by atoms with Gasteiger partial charge in [0.05, 0.1) is 11.3 Å². The van der Waals surface area contributed by atoms with E-state index in [-0.39, 0.29) is 16.9 Å². The molecule has 1 N–H and O–H groups in total. The van der Waals surface area contributed by atoms with Crippen LogP contribution in [0, 0.1) is 11.6 Å². The van der Waals surface area contributed by atoms with Crippen molar-refractivity contribution in [3.05, 3.63) is 70.8 Å². The lowest BCUT2D eigenvalue weighted by molar-refractivity contribution is -0.136. The maximum atomic E-state index is 14.2. The zero-order valence-corrected chi connectivity index (χ0v) is 14.0. The van der Waals surface area contributed by atoms with Gasteiger partial charge in [0.25, 0.3) is 0 Å². The lowest BCUT2D eigenvalue weighted by atomic mass is 9.93. The molecule has 0 aromatic heterocycles. The number of carbonyl (C=O) groups excluding carboxylic acids is 1. The highest BCUT2D eigenvalue weighted by molar-refractivity contribution is 7.78. The van der Waals surface area contributed by atoms with Gasteiger partial charge >= 0.3 is 5.97 Å². The number of hydrogen-bond acceptors (Lipinski definition) is 3. The number of rotatable bonds is 4. The predicted molar refractivity (Wildman–Crippen MR) is 89.6 cm³/mol. The SMILES string of the molecule is CC1OC(=O)C(c2cccc(F)c2)=C1c1ccc(CS(=O)O)c(F)c1. The summed E-state index contributed by atoms with van der Waals surface area (Å²) in [6.07, 6.45) is -0.622. The fourth-order valence-corrected chi connectivity index (χ4v) is 3.35. The summed E-state index contributed by atoms with van der Waals surface area (Å²) in [5.74, 6) is -2.08. The minimum Gasteiger partial charge on any atom is -0.454 e. The van der Waals surface area contributed by atoms with Crippen molar-refractivity contribution >= 4 is 28.2 Å². The van der Waals surface area contributed by atoms with Crippen molar-refractivity contribution in [3.63, 3.8) is 0 Å². The molecule has 0 spiro atoms. The van der Waals surface area contributed by atoms with Gasteiger partial charge in [-0.2, -0.15) is 0 Å². The first kappa shape index (κ1) is 17.4. The van der Waals surface area contributed by atoms with Crippen molar-refractivity contribution in [1.29, 1.82) is 0 Å². The smallest absolute Gasteiger partial charge is 0.339 e. The van der Waals surface area contributed by atoms with E-state index >= 15 is 0 Å². The number of benzene rings is 2. The molecule has 25 heavy (non-hydrogen) atoms. The lowest BCUT2D eigenvalue weighted by Gasteiger charge is -2.11. The monoisotopic (exact) mass is 364 g/mol. The van der Waals surface area contributed by atoms with Crippen LogP contribution in [0.5, 0.6) is 0 Å². The Morgan fingerprint density at radius 2 is 1.92 bits per heavy atom. The normalized spacial score (nSPS) is 18.4. The second-order valence-electron chi connectivity index (χ2n) is 5.62. The average molecular weight is 364 g/mol. The molecule has 0 saturated heterocycles. The van der Waals surface area contributed by atoms with E-state index in [1.54, 1.807) is 19.1 Å². The van der Waals surface area contributed by atoms with E-state index in [1.807, 2.05) is 0 Å². The molecule has 2 atom stereocenters. The molecular formula is C18H14F2O4S. The Labute approximate surface area is 145 Å². The maximum absolute atomic E-state index is 14.2. The molecule has 0 radical (unpaired) electrons. The van der Waals surface area contributed by atoms with E-state index in [0.29, 0.717) is 16.7 Å². The summed E-state index contributed by atoms with van der Waals surface area (Å²) < 4.78 is 52.7. The average Bonchev–Trinajstić information content (AvgIpc) is 2.83. The summed E-state index contributed by atoms with van der Waals surface area (Å²) in [5, 5.41) is 0. The van der Waals surface area contributed by atoms with Crippen molar-refractivity contribution in [2.24, 2.45) is 0 Å². The van der Waals surface area contributed by atoms with Crippen LogP contribution in [-0.2, 0) is 26.4 Å². The van der Waals surface area contributed by atoms with Crippen molar-refractivity contribution in [1.82, 2.24) is 0 Å². The molecule has 0 saturated carbocycles. The van der Waals surface area contributed by atoms with Crippen molar-refractivity contribution in [2.45, 2.75) is 18.8 Å². The molecule has 0 amide bonds. The topological polar surface area (TPSA) is 63.6 Å². The van der Waals surface area contributed by atoms with Gasteiger partial charge in [-0.1, -0.05) is 24.3 Å². The van der Waals surface area contributed by atoms with Crippen LogP contribution in [-0.4, -0.2) is 20.8 Å². The zero-order valence-electron chi connectivity index (χ0n) is 13.2. The molecule has 4 nitrogen and oxygen atoms in total. The number of cyclic esters (lactones) is 1. The first-order valence-electron chi connectivity index (χ1n) is 7.44. The first-order valence-corrected chi connectivity index (χ1v) is 8.71. The van der Waals surface area contributed by atoms with Crippen LogP contribution >= 0.6 is 0 Å². The van der Waals surface area contributed by atoms with E-state index < -0.39 is 34.8 Å². The minimum atomic E-state index is -2.16. The number of esters is 1. The van der Waals surface area contributed by atoms with Gasteiger partial charge in [0, 0.05) is 11.1 Å². The summed E-state index contributed by atoms with van der Waals surface area (Å²) in [5.41, 5.74) is 1.49. The van der Waals surface area contributed by atoms with Gasteiger partial charge < -0.3 is 9.29 Å². The zero-order chi connectivity index (χ0) is 18.1. The molecule has 7 heteroatoms. The maximum Gasteiger partial charge on any atom is 0.339 e. The summed E-state index contributed by atoms with van der Waals surface area (Å²) in [6, 6.07) is 9.67. The standard InChI is InChI=1S/C18H14F2O4S/c1-10-16(12-5-6-13(9-25(22)23)15(20)8-12)17(18(21)24-10)11-3-2-4-14(19)7-11/h2-8,10H,9H2,1H3,(H,22,23). The minimum absolute atomic E-state index is 0.0929. The van der Waals surface area contributed by atoms with E-state index in [0.717, 1.165) is 0 Å². The largest absolute Gasteiger partial charge is 0.454 e. The highest BCUT2D eigenvalue weighted by atomic mass is 32.2. The molecule has 2 unspecified atom stereocenters. The number of carbonyl (C=O) groups is 1. The molecule has 1 aliphatic rings. The summed E-state index contributed by atoms with van der Waals surface area (Å²) >= 11 is -2.16. The molecule has 2 aromatic carbocycles. The van der Waals surface area contributed by atoms with Crippen LogP contribution in [0.2, 0.25) is 0 Å². The van der Waals surface area contributed by atoms with Crippen LogP contribution in [0.15, 0.2) is 42.5 Å². The van der Waals surface area contributed by atoms with Crippen molar-refractivity contribution < 1.29 is 27.1 Å².